The van der Waals surface area contributed by atoms with E-state index >= 15 is 0 Å². The Hall–Kier alpha value is -4.44. The van der Waals surface area contributed by atoms with Crippen molar-refractivity contribution in [1.82, 2.24) is 0 Å². The van der Waals surface area contributed by atoms with Crippen LogP contribution in [-0.2, 0) is 13.1 Å². The summed E-state index contributed by atoms with van der Waals surface area (Å²) in [6, 6.07) is 35.0. The molecule has 0 unspecified atom stereocenters. The Bertz CT molecular complexity index is 1370. The number of hydrogen-bond acceptors (Lipinski definition) is 2. The Morgan fingerprint density at radius 1 is 0.447 bits per heavy atom. The first-order valence-corrected chi connectivity index (χ1v) is 13.1. The normalized spacial score (nSPS) is 10.8. The molecule has 0 N–H and O–H groups in total. The van der Waals surface area contributed by atoms with E-state index in [1.807, 2.05) is 0 Å². The average Bonchev–Trinajstić information content (AvgIpc) is 2.94. The van der Waals surface area contributed by atoms with Gasteiger partial charge in [-0.1, -0.05) is 72.8 Å². The Balaban J connectivity index is 1.38. The maximum Gasteiger partial charge on any atom is 0.174 e. The summed E-state index contributed by atoms with van der Waals surface area (Å²) in [5, 5.41) is 0. The van der Waals surface area contributed by atoms with Gasteiger partial charge in [-0.2, -0.15) is 0 Å². The minimum atomic E-state index is 0.832. The topological polar surface area (TPSA) is 14.2 Å². The third kappa shape index (κ3) is 5.76. The van der Waals surface area contributed by atoms with Gasteiger partial charge < -0.3 is 9.80 Å². The number of nitrogens with zero attached hydrogens (tertiary/aromatic N) is 4. The summed E-state index contributed by atoms with van der Waals surface area (Å²) in [4.78, 5) is 4.24. The largest absolute Gasteiger partial charge is 0.377 e. The van der Waals surface area contributed by atoms with Crippen LogP contribution >= 0.6 is 0 Å². The molecular formula is C34H36N4+2. The van der Waals surface area contributed by atoms with Crippen molar-refractivity contribution in [2.45, 2.75) is 13.1 Å². The Labute approximate surface area is 226 Å². The highest BCUT2D eigenvalue weighted by Gasteiger charge is 2.13. The zero-order valence-corrected chi connectivity index (χ0v) is 22.8. The molecule has 0 bridgehead atoms. The summed E-state index contributed by atoms with van der Waals surface area (Å²) in [5.74, 6) is 0. The maximum atomic E-state index is 2.25. The van der Waals surface area contributed by atoms with Crippen LogP contribution in [-0.4, -0.2) is 28.2 Å². The molecule has 3 aromatic carbocycles. The third-order valence-electron chi connectivity index (χ3n) is 7.03. The van der Waals surface area contributed by atoms with E-state index in [0.29, 0.717) is 0 Å². The van der Waals surface area contributed by atoms with Gasteiger partial charge in [-0.25, -0.2) is 9.13 Å². The zero-order valence-electron chi connectivity index (χ0n) is 22.8. The lowest BCUT2D eigenvalue weighted by Crippen LogP contribution is -2.33. The van der Waals surface area contributed by atoms with Gasteiger partial charge in [0, 0.05) is 75.0 Å². The van der Waals surface area contributed by atoms with Gasteiger partial charge in [0.25, 0.3) is 0 Å². The Kier molecular flexibility index (Phi) is 7.50. The molecule has 190 valence electrons. The van der Waals surface area contributed by atoms with E-state index in [0.717, 1.165) is 13.1 Å². The highest BCUT2D eigenvalue weighted by Crippen LogP contribution is 2.29. The van der Waals surface area contributed by atoms with Crippen molar-refractivity contribution in [2.75, 3.05) is 38.0 Å². The van der Waals surface area contributed by atoms with Crippen LogP contribution in [0.15, 0.2) is 122 Å². The van der Waals surface area contributed by atoms with Crippen molar-refractivity contribution in [3.63, 3.8) is 0 Å². The minimum Gasteiger partial charge on any atom is -0.377 e. The van der Waals surface area contributed by atoms with Crippen molar-refractivity contribution >= 4 is 11.4 Å². The van der Waals surface area contributed by atoms with E-state index in [4.69, 9.17) is 0 Å². The van der Waals surface area contributed by atoms with Gasteiger partial charge in [0.2, 0.25) is 0 Å². The van der Waals surface area contributed by atoms with Crippen molar-refractivity contribution in [1.29, 1.82) is 0 Å². The molecule has 0 aliphatic rings. The van der Waals surface area contributed by atoms with Crippen molar-refractivity contribution in [2.24, 2.45) is 0 Å². The summed E-state index contributed by atoms with van der Waals surface area (Å²) in [6.45, 7) is 1.66. The van der Waals surface area contributed by atoms with Gasteiger partial charge >= 0.3 is 0 Å². The van der Waals surface area contributed by atoms with Crippen LogP contribution < -0.4 is 18.9 Å². The van der Waals surface area contributed by atoms with Gasteiger partial charge in [-0.15, -0.1) is 0 Å². The predicted octanol–water partition coefficient (Wildman–Crippen LogP) is 5.82. The summed E-state index contributed by atoms with van der Waals surface area (Å²) in [7, 11) is 8.27. The van der Waals surface area contributed by atoms with Crippen LogP contribution in [0, 0.1) is 0 Å². The van der Waals surface area contributed by atoms with Crippen LogP contribution in [0.25, 0.3) is 22.3 Å². The lowest BCUT2D eigenvalue weighted by molar-refractivity contribution is -0.688. The fourth-order valence-electron chi connectivity index (χ4n) is 4.81. The van der Waals surface area contributed by atoms with E-state index in [1.54, 1.807) is 0 Å². The SMILES string of the molecule is CN(C)c1cc[n+](Cc2ccccc2-c2ccc(-c3ccccc3C[n+]3ccc(N(C)C)cc3)cc2)cc1. The fourth-order valence-corrected chi connectivity index (χ4v) is 4.81. The second-order valence-corrected chi connectivity index (χ2v) is 10.1. The Morgan fingerprint density at radius 3 is 1.13 bits per heavy atom. The molecule has 5 rings (SSSR count). The molecule has 0 aliphatic heterocycles. The Morgan fingerprint density at radius 2 is 0.789 bits per heavy atom. The second-order valence-electron chi connectivity index (χ2n) is 10.1. The molecule has 0 spiro atoms. The quantitative estimate of drug-likeness (QED) is 0.249. The van der Waals surface area contributed by atoms with Crippen LogP contribution in [0.3, 0.4) is 0 Å². The van der Waals surface area contributed by atoms with Gasteiger partial charge in [0.1, 0.15) is 0 Å². The molecule has 2 heterocycles. The summed E-state index contributed by atoms with van der Waals surface area (Å²) < 4.78 is 4.47. The third-order valence-corrected chi connectivity index (χ3v) is 7.03. The summed E-state index contributed by atoms with van der Waals surface area (Å²) >= 11 is 0. The van der Waals surface area contributed by atoms with Gasteiger partial charge in [-0.3, -0.25) is 0 Å². The van der Waals surface area contributed by atoms with Crippen LogP contribution in [0.5, 0.6) is 0 Å². The van der Waals surface area contributed by atoms with E-state index < -0.39 is 0 Å². The monoisotopic (exact) mass is 500 g/mol. The van der Waals surface area contributed by atoms with Gasteiger partial charge in [0.15, 0.2) is 37.9 Å². The number of anilines is 2. The first kappa shape index (κ1) is 25.2. The minimum absolute atomic E-state index is 0.832. The number of hydrogen-bond donors (Lipinski definition) is 0. The molecule has 0 saturated carbocycles. The van der Waals surface area contributed by atoms with Gasteiger partial charge in [0.05, 0.1) is 0 Å². The lowest BCUT2D eigenvalue weighted by atomic mass is 9.95. The molecule has 4 heteroatoms. The molecule has 2 aromatic heterocycles. The average molecular weight is 501 g/mol. The summed E-state index contributed by atoms with van der Waals surface area (Å²) in [5.41, 5.74) is 10.0. The molecule has 0 amide bonds. The predicted molar refractivity (Wildman–Crippen MR) is 157 cm³/mol. The molecule has 0 atom stereocenters. The molecule has 5 aromatic rings. The van der Waals surface area contributed by atoms with E-state index in [2.05, 4.69) is 169 Å². The van der Waals surface area contributed by atoms with E-state index in [9.17, 15) is 0 Å². The number of aromatic nitrogens is 2. The van der Waals surface area contributed by atoms with Crippen molar-refractivity contribution < 1.29 is 9.13 Å². The molecule has 0 fully saturated rings. The first-order chi connectivity index (χ1) is 18.5. The molecule has 0 aliphatic carbocycles. The van der Waals surface area contributed by atoms with E-state index in [-0.39, 0.29) is 0 Å². The highest BCUT2D eigenvalue weighted by atomic mass is 15.1. The molecule has 0 radical (unpaired) electrons. The molecule has 38 heavy (non-hydrogen) atoms. The number of pyridine rings is 2. The molecule has 4 nitrogen and oxygen atoms in total. The lowest BCUT2D eigenvalue weighted by Gasteiger charge is -2.12. The standard InChI is InChI=1S/C34H36N4/c1-35(2)31-17-21-37(22-18-31)25-29-9-5-7-11-33(29)27-13-15-28(16-14-27)34-12-8-6-10-30(34)26-38-23-19-32(20-24-38)36(3)4/h5-24H,25-26H2,1-4H3/q+2. The van der Waals surface area contributed by atoms with Crippen molar-refractivity contribution in [3.8, 4) is 22.3 Å². The van der Waals surface area contributed by atoms with Gasteiger partial charge in [-0.05, 0) is 22.3 Å². The number of rotatable bonds is 8. The second kappa shape index (κ2) is 11.3. The maximum absolute atomic E-state index is 2.25. The first-order valence-electron chi connectivity index (χ1n) is 13.1. The number of benzene rings is 3. The van der Waals surface area contributed by atoms with Crippen molar-refractivity contribution in [3.05, 3.63) is 133 Å². The van der Waals surface area contributed by atoms with Crippen LogP contribution in [0.1, 0.15) is 11.1 Å². The highest BCUT2D eigenvalue weighted by molar-refractivity contribution is 5.73. The smallest absolute Gasteiger partial charge is 0.174 e. The van der Waals surface area contributed by atoms with Crippen LogP contribution in [0.2, 0.25) is 0 Å². The molecular weight excluding hydrogens is 464 g/mol. The van der Waals surface area contributed by atoms with Crippen LogP contribution in [0.4, 0.5) is 11.4 Å². The van der Waals surface area contributed by atoms with E-state index in [1.165, 1.54) is 44.8 Å². The fraction of sp³-hybridized carbons (Fsp3) is 0.176. The zero-order chi connectivity index (χ0) is 26.5. The summed E-state index contributed by atoms with van der Waals surface area (Å²) in [6.07, 6.45) is 8.60. The molecule has 0 saturated heterocycles.